The molecule has 0 fully saturated rings. The Balaban J connectivity index is 1.85. The van der Waals surface area contributed by atoms with Crippen molar-refractivity contribution in [3.05, 3.63) is 62.9 Å². The minimum atomic E-state index is -2.18. The van der Waals surface area contributed by atoms with Gasteiger partial charge in [0.1, 0.15) is 0 Å². The molecular weight excluding hydrogens is 380 g/mol. The number of aromatic nitrogens is 1. The van der Waals surface area contributed by atoms with E-state index in [9.17, 15) is 15.0 Å². The number of fused-ring (bicyclic) bond motifs is 1. The van der Waals surface area contributed by atoms with Gasteiger partial charge >= 0.3 is 0 Å². The van der Waals surface area contributed by atoms with Crippen molar-refractivity contribution < 1.29 is 19.4 Å². The van der Waals surface area contributed by atoms with Gasteiger partial charge in [0.15, 0.2) is 11.5 Å². The van der Waals surface area contributed by atoms with Gasteiger partial charge in [-0.25, -0.2) is 4.39 Å². The first kappa shape index (κ1) is 19.2. The Morgan fingerprint density at radius 1 is 1.38 bits per heavy atom. The summed E-state index contributed by atoms with van der Waals surface area (Å²) in [5.74, 6) is -0.589. The third-order valence-corrected chi connectivity index (χ3v) is 5.37. The van der Waals surface area contributed by atoms with Crippen molar-refractivity contribution in [2.45, 2.75) is 44.1 Å². The molecule has 0 saturated carbocycles. The zero-order valence-electron chi connectivity index (χ0n) is 13.9. The Hall–Kier alpha value is -1.53. The van der Waals surface area contributed by atoms with Crippen molar-refractivity contribution >= 4 is 29.0 Å². The van der Waals surface area contributed by atoms with Crippen molar-refractivity contribution in [3.63, 3.8) is 0 Å². The van der Waals surface area contributed by atoms with Gasteiger partial charge < -0.3 is 10.2 Å². The Morgan fingerprint density at radius 2 is 2.15 bits per heavy atom. The smallest absolute Gasteiger partial charge is 0.195 e. The Kier molecular flexibility index (Phi) is 5.63. The summed E-state index contributed by atoms with van der Waals surface area (Å²) in [6.07, 6.45) is 0.751. The molecule has 4 nitrogen and oxygen atoms in total. The predicted octanol–water partition coefficient (Wildman–Crippen LogP) is 4.07. The number of aliphatic hydroxyl groups is 2. The zero-order chi connectivity index (χ0) is 18.9. The number of Topliss-reactive ketones (excluding diaryl/α,β-unsaturated/α-hetero) is 1. The second-order valence-electron chi connectivity index (χ2n) is 6.40. The highest BCUT2D eigenvalue weighted by molar-refractivity contribution is 6.35. The number of aliphatic hydroxyl groups excluding tert-OH is 2. The van der Waals surface area contributed by atoms with Gasteiger partial charge in [0.25, 0.3) is 0 Å². The lowest BCUT2D eigenvalue weighted by Crippen LogP contribution is -2.37. The van der Waals surface area contributed by atoms with Gasteiger partial charge in [0, 0.05) is 28.2 Å². The fourth-order valence-corrected chi connectivity index (χ4v) is 4.06. The summed E-state index contributed by atoms with van der Waals surface area (Å²) in [5, 5.41) is 20.2. The average Bonchev–Trinajstić information content (AvgIpc) is 2.63. The van der Waals surface area contributed by atoms with Crippen molar-refractivity contribution in [1.29, 1.82) is 0 Å². The average molecular weight is 398 g/mol. The second kappa shape index (κ2) is 7.61. The van der Waals surface area contributed by atoms with Crippen LogP contribution in [0, 0.1) is 0 Å². The molecule has 1 heterocycles. The standard InChI is InChI=1S/C19H18Cl2FNO3/c20-12-8-11(10-24)13(15(21)9-12)3-4-17(26)19(22)6-5-16(25)18-14(19)2-1-7-23-18/h1-2,7-9,16,24-25H,3-6,10H2/t16-,19+/m1/s1. The van der Waals surface area contributed by atoms with E-state index in [1.165, 1.54) is 18.3 Å². The maximum Gasteiger partial charge on any atom is 0.195 e. The molecule has 1 aliphatic rings. The van der Waals surface area contributed by atoms with Crippen LogP contribution in [0.2, 0.25) is 10.0 Å². The van der Waals surface area contributed by atoms with Crippen LogP contribution >= 0.6 is 23.2 Å². The number of hydrogen-bond acceptors (Lipinski definition) is 4. The molecule has 1 aliphatic carbocycles. The molecule has 0 saturated heterocycles. The summed E-state index contributed by atoms with van der Waals surface area (Å²) in [7, 11) is 0. The van der Waals surface area contributed by atoms with E-state index >= 15 is 4.39 Å². The molecule has 2 N–H and O–H groups in total. The fourth-order valence-electron chi connectivity index (χ4n) is 3.43. The number of rotatable bonds is 5. The van der Waals surface area contributed by atoms with E-state index in [2.05, 4.69) is 4.98 Å². The molecule has 2 atom stereocenters. The molecule has 0 spiro atoms. The predicted molar refractivity (Wildman–Crippen MR) is 96.9 cm³/mol. The van der Waals surface area contributed by atoms with E-state index in [1.54, 1.807) is 12.1 Å². The van der Waals surface area contributed by atoms with Gasteiger partial charge in [-0.3, -0.25) is 9.78 Å². The lowest BCUT2D eigenvalue weighted by molar-refractivity contribution is -0.133. The van der Waals surface area contributed by atoms with E-state index in [0.29, 0.717) is 21.2 Å². The van der Waals surface area contributed by atoms with E-state index in [1.807, 2.05) is 0 Å². The van der Waals surface area contributed by atoms with Crippen LogP contribution < -0.4 is 0 Å². The normalized spacial score (nSPS) is 22.1. The van der Waals surface area contributed by atoms with Gasteiger partial charge in [-0.05, 0) is 48.6 Å². The van der Waals surface area contributed by atoms with Gasteiger partial charge in [0.05, 0.1) is 18.4 Å². The van der Waals surface area contributed by atoms with Crippen molar-refractivity contribution in [1.82, 2.24) is 4.98 Å². The van der Waals surface area contributed by atoms with Gasteiger partial charge in [0.2, 0.25) is 0 Å². The number of halogens is 3. The topological polar surface area (TPSA) is 70.4 Å². The quantitative estimate of drug-likeness (QED) is 0.797. The Bertz CT molecular complexity index is 846. The summed E-state index contributed by atoms with van der Waals surface area (Å²) in [5.41, 5.74) is -0.730. The SMILES string of the molecule is O=C(CCc1c(Cl)cc(Cl)cc1CO)[C@]1(F)CC[C@@H](O)c2ncccc21. The first-order chi connectivity index (χ1) is 12.4. The van der Waals surface area contributed by atoms with Crippen LogP contribution in [0.1, 0.15) is 47.8 Å². The van der Waals surface area contributed by atoms with Crippen molar-refractivity contribution in [2.75, 3.05) is 0 Å². The second-order valence-corrected chi connectivity index (χ2v) is 7.24. The maximum atomic E-state index is 15.6. The molecule has 0 radical (unpaired) electrons. The van der Waals surface area contributed by atoms with E-state index in [0.717, 1.165) is 0 Å². The van der Waals surface area contributed by atoms with Crippen LogP contribution in [0.5, 0.6) is 0 Å². The number of alkyl halides is 1. The minimum absolute atomic E-state index is 0.0880. The van der Waals surface area contributed by atoms with Gasteiger partial charge in [-0.1, -0.05) is 29.3 Å². The highest BCUT2D eigenvalue weighted by atomic mass is 35.5. The fraction of sp³-hybridized carbons (Fsp3) is 0.368. The molecule has 0 bridgehead atoms. The first-order valence-electron chi connectivity index (χ1n) is 8.30. The highest BCUT2D eigenvalue weighted by Gasteiger charge is 2.45. The summed E-state index contributed by atoms with van der Waals surface area (Å²) in [6.45, 7) is -0.274. The molecule has 3 rings (SSSR count). The van der Waals surface area contributed by atoms with Crippen molar-refractivity contribution in [2.24, 2.45) is 0 Å². The Labute approximate surface area is 160 Å². The lowest BCUT2D eigenvalue weighted by atomic mass is 9.77. The largest absolute Gasteiger partial charge is 0.392 e. The third kappa shape index (κ3) is 3.49. The van der Waals surface area contributed by atoms with Crippen LogP contribution in [-0.4, -0.2) is 21.0 Å². The number of carbonyl (C=O) groups is 1. The lowest BCUT2D eigenvalue weighted by Gasteiger charge is -2.32. The monoisotopic (exact) mass is 397 g/mol. The van der Waals surface area contributed by atoms with Crippen LogP contribution in [-0.2, 0) is 23.5 Å². The number of nitrogens with zero attached hydrogens (tertiary/aromatic N) is 1. The van der Waals surface area contributed by atoms with Gasteiger partial charge in [-0.15, -0.1) is 0 Å². The zero-order valence-corrected chi connectivity index (χ0v) is 15.4. The minimum Gasteiger partial charge on any atom is -0.392 e. The maximum absolute atomic E-state index is 15.6. The molecule has 2 aromatic rings. The molecule has 1 aromatic carbocycles. The molecule has 26 heavy (non-hydrogen) atoms. The summed E-state index contributed by atoms with van der Waals surface area (Å²) in [4.78, 5) is 16.8. The van der Waals surface area contributed by atoms with Crippen LogP contribution in [0.15, 0.2) is 30.5 Å². The summed E-state index contributed by atoms with van der Waals surface area (Å²) in [6, 6.07) is 6.16. The number of benzene rings is 1. The molecule has 0 amide bonds. The van der Waals surface area contributed by atoms with Gasteiger partial charge in [-0.2, -0.15) is 0 Å². The molecule has 0 unspecified atom stereocenters. The molecule has 7 heteroatoms. The first-order valence-corrected chi connectivity index (χ1v) is 9.05. The molecule has 0 aliphatic heterocycles. The van der Waals surface area contributed by atoms with E-state index < -0.39 is 17.6 Å². The van der Waals surface area contributed by atoms with Crippen LogP contribution in [0.3, 0.4) is 0 Å². The molecular formula is C19H18Cl2FNO3. The van der Waals surface area contributed by atoms with Crippen LogP contribution in [0.4, 0.5) is 4.39 Å². The number of hydrogen-bond donors (Lipinski definition) is 2. The highest BCUT2D eigenvalue weighted by Crippen LogP contribution is 2.43. The number of ketones is 1. The van der Waals surface area contributed by atoms with Crippen molar-refractivity contribution in [3.8, 4) is 0 Å². The third-order valence-electron chi connectivity index (χ3n) is 4.81. The van der Waals surface area contributed by atoms with Crippen LogP contribution in [0.25, 0.3) is 0 Å². The van der Waals surface area contributed by atoms with E-state index in [4.69, 9.17) is 23.2 Å². The number of pyridine rings is 1. The summed E-state index contributed by atoms with van der Waals surface area (Å²) >= 11 is 12.1. The number of carbonyl (C=O) groups excluding carboxylic acids is 1. The molecule has 138 valence electrons. The Morgan fingerprint density at radius 3 is 2.88 bits per heavy atom. The molecule has 1 aromatic heterocycles. The van der Waals surface area contributed by atoms with E-state index in [-0.39, 0.29) is 43.5 Å². The summed E-state index contributed by atoms with van der Waals surface area (Å²) < 4.78 is 15.6.